The number of carbonyl (C=O) groups is 1. The Kier molecular flexibility index (Phi) is 3.57. The first-order valence-corrected chi connectivity index (χ1v) is 8.76. The SMILES string of the molecule is CC=C1c2c(nc3ccccc3c2/C=C\C)C(=O)C2=CC=CCC21C. The Morgan fingerprint density at radius 2 is 2.00 bits per heavy atom. The zero-order valence-corrected chi connectivity index (χ0v) is 14.8. The van der Waals surface area contributed by atoms with Gasteiger partial charge in [0.1, 0.15) is 5.69 Å². The highest BCUT2D eigenvalue weighted by molar-refractivity contribution is 6.18. The zero-order valence-electron chi connectivity index (χ0n) is 14.8. The lowest BCUT2D eigenvalue weighted by Gasteiger charge is -2.40. The van der Waals surface area contributed by atoms with Crippen LogP contribution in [0, 0.1) is 5.41 Å². The number of ketones is 1. The summed E-state index contributed by atoms with van der Waals surface area (Å²) in [7, 11) is 0. The molecule has 1 heterocycles. The van der Waals surface area contributed by atoms with Gasteiger partial charge in [-0.3, -0.25) is 4.79 Å². The number of nitrogens with zero attached hydrogens (tertiary/aromatic N) is 1. The van der Waals surface area contributed by atoms with E-state index in [0.29, 0.717) is 5.69 Å². The van der Waals surface area contributed by atoms with E-state index in [9.17, 15) is 4.79 Å². The molecule has 0 saturated carbocycles. The molecule has 2 aliphatic carbocycles. The molecule has 0 spiro atoms. The van der Waals surface area contributed by atoms with Crippen LogP contribution in [-0.2, 0) is 0 Å². The van der Waals surface area contributed by atoms with Gasteiger partial charge < -0.3 is 0 Å². The molecule has 1 aromatic heterocycles. The van der Waals surface area contributed by atoms with Crippen molar-refractivity contribution in [3.63, 3.8) is 0 Å². The van der Waals surface area contributed by atoms with Crippen LogP contribution in [0.1, 0.15) is 48.8 Å². The van der Waals surface area contributed by atoms with Crippen LogP contribution < -0.4 is 0 Å². The summed E-state index contributed by atoms with van der Waals surface area (Å²) in [4.78, 5) is 18.1. The number of rotatable bonds is 1. The van der Waals surface area contributed by atoms with Crippen molar-refractivity contribution in [2.75, 3.05) is 0 Å². The number of pyridine rings is 1. The molecule has 4 rings (SSSR count). The first-order chi connectivity index (χ1) is 12.1. The standard InChI is InChI=1S/C23H21NO/c1-4-10-16-15-11-6-7-13-19(15)24-21-20(16)17(5-2)23(3)14-9-8-12-18(23)22(21)25/h4-13H,14H2,1-3H3/b10-4-,17-5?. The predicted molar refractivity (Wildman–Crippen MR) is 104 cm³/mol. The molecule has 2 nitrogen and oxygen atoms in total. The molecule has 0 N–H and O–H groups in total. The van der Waals surface area contributed by atoms with Crippen molar-refractivity contribution in [2.45, 2.75) is 27.2 Å². The van der Waals surface area contributed by atoms with Gasteiger partial charge in [0.25, 0.3) is 0 Å². The summed E-state index contributed by atoms with van der Waals surface area (Å²) in [5, 5.41) is 1.09. The van der Waals surface area contributed by atoms with Gasteiger partial charge in [0.05, 0.1) is 5.52 Å². The number of carbonyl (C=O) groups excluding carboxylic acids is 1. The molecule has 0 amide bonds. The van der Waals surface area contributed by atoms with E-state index in [1.165, 1.54) is 5.57 Å². The molecule has 2 aliphatic rings. The van der Waals surface area contributed by atoms with Gasteiger partial charge in [-0.1, -0.05) is 61.6 Å². The van der Waals surface area contributed by atoms with Gasteiger partial charge in [-0.2, -0.15) is 0 Å². The van der Waals surface area contributed by atoms with Gasteiger partial charge in [-0.05, 0) is 37.5 Å². The van der Waals surface area contributed by atoms with E-state index < -0.39 is 0 Å². The number of allylic oxidation sites excluding steroid dienone is 7. The largest absolute Gasteiger partial charge is 0.287 e. The maximum Gasteiger partial charge on any atom is 0.208 e. The van der Waals surface area contributed by atoms with E-state index in [0.717, 1.165) is 34.0 Å². The lowest BCUT2D eigenvalue weighted by atomic mass is 9.62. The number of hydrogen-bond donors (Lipinski definition) is 0. The average Bonchev–Trinajstić information content (AvgIpc) is 2.62. The van der Waals surface area contributed by atoms with Gasteiger partial charge in [-0.25, -0.2) is 4.98 Å². The normalized spacial score (nSPS) is 23.9. The fourth-order valence-corrected chi connectivity index (χ4v) is 4.22. The number of benzene rings is 1. The summed E-state index contributed by atoms with van der Waals surface area (Å²) >= 11 is 0. The maximum absolute atomic E-state index is 13.3. The first kappa shape index (κ1) is 15.8. The van der Waals surface area contributed by atoms with E-state index in [1.54, 1.807) is 0 Å². The van der Waals surface area contributed by atoms with Crippen LogP contribution in [0.4, 0.5) is 0 Å². The van der Waals surface area contributed by atoms with Crippen molar-refractivity contribution < 1.29 is 4.79 Å². The van der Waals surface area contributed by atoms with E-state index in [4.69, 9.17) is 4.98 Å². The monoisotopic (exact) mass is 327 g/mol. The number of aromatic nitrogens is 1. The maximum atomic E-state index is 13.3. The van der Waals surface area contributed by atoms with Crippen molar-refractivity contribution in [1.82, 2.24) is 4.98 Å². The summed E-state index contributed by atoms with van der Waals surface area (Å²) in [6.45, 7) is 6.25. The Labute approximate surface area is 148 Å². The molecule has 124 valence electrons. The Morgan fingerprint density at radius 1 is 1.20 bits per heavy atom. The number of para-hydroxylation sites is 1. The molecule has 0 saturated heterocycles. The van der Waals surface area contributed by atoms with E-state index >= 15 is 0 Å². The fourth-order valence-electron chi connectivity index (χ4n) is 4.22. The molecule has 2 heteroatoms. The number of fused-ring (bicyclic) bond motifs is 3. The molecular formula is C23H21NO. The van der Waals surface area contributed by atoms with Gasteiger partial charge in [-0.15, -0.1) is 0 Å². The number of hydrogen-bond acceptors (Lipinski definition) is 2. The second-order valence-corrected chi connectivity index (χ2v) is 6.84. The minimum Gasteiger partial charge on any atom is -0.287 e. The topological polar surface area (TPSA) is 30.0 Å². The van der Waals surface area contributed by atoms with Gasteiger partial charge in [0, 0.05) is 21.9 Å². The third-order valence-corrected chi connectivity index (χ3v) is 5.40. The second-order valence-electron chi connectivity index (χ2n) is 6.84. The van der Waals surface area contributed by atoms with Crippen molar-refractivity contribution in [2.24, 2.45) is 5.41 Å². The lowest BCUT2D eigenvalue weighted by Crippen LogP contribution is -2.34. The van der Waals surface area contributed by atoms with Crippen LogP contribution >= 0.6 is 0 Å². The predicted octanol–water partition coefficient (Wildman–Crippen LogP) is 5.76. The Balaban J connectivity index is 2.18. The third kappa shape index (κ3) is 2.10. The van der Waals surface area contributed by atoms with Crippen molar-refractivity contribution in [3.8, 4) is 0 Å². The summed E-state index contributed by atoms with van der Waals surface area (Å²) < 4.78 is 0. The Bertz CT molecular complexity index is 1020. The average molecular weight is 327 g/mol. The lowest BCUT2D eigenvalue weighted by molar-refractivity contribution is 0.100. The minimum atomic E-state index is -0.284. The van der Waals surface area contributed by atoms with E-state index in [-0.39, 0.29) is 11.2 Å². The molecule has 1 atom stereocenters. The molecule has 0 fully saturated rings. The summed E-state index contributed by atoms with van der Waals surface area (Å²) in [6.07, 6.45) is 13.2. The molecule has 2 aromatic rings. The number of Topliss-reactive ketones (excluding diaryl/α,β-unsaturated/α-hetero) is 1. The molecule has 0 bridgehead atoms. The quantitative estimate of drug-likeness (QED) is 0.666. The first-order valence-electron chi connectivity index (χ1n) is 8.76. The van der Waals surface area contributed by atoms with Crippen LogP contribution in [0.2, 0.25) is 0 Å². The van der Waals surface area contributed by atoms with Crippen LogP contribution in [-0.4, -0.2) is 10.8 Å². The highest BCUT2D eigenvalue weighted by Crippen LogP contribution is 2.53. The second kappa shape index (κ2) is 5.66. The van der Waals surface area contributed by atoms with Gasteiger partial charge >= 0.3 is 0 Å². The van der Waals surface area contributed by atoms with E-state index in [2.05, 4.69) is 38.1 Å². The summed E-state index contributed by atoms with van der Waals surface area (Å²) in [6, 6.07) is 8.07. The van der Waals surface area contributed by atoms with Crippen molar-refractivity contribution >= 4 is 28.3 Å². The Hall–Kier alpha value is -2.74. The van der Waals surface area contributed by atoms with E-state index in [1.807, 2.05) is 43.4 Å². The molecule has 25 heavy (non-hydrogen) atoms. The zero-order chi connectivity index (χ0) is 17.6. The minimum absolute atomic E-state index is 0.0592. The highest BCUT2D eigenvalue weighted by Gasteiger charge is 2.44. The van der Waals surface area contributed by atoms with Crippen LogP contribution in [0.3, 0.4) is 0 Å². The smallest absolute Gasteiger partial charge is 0.208 e. The van der Waals surface area contributed by atoms with Gasteiger partial charge in [0.15, 0.2) is 0 Å². The van der Waals surface area contributed by atoms with Gasteiger partial charge in [0.2, 0.25) is 5.78 Å². The molecule has 1 aromatic carbocycles. The van der Waals surface area contributed by atoms with Crippen LogP contribution in [0.15, 0.2) is 60.2 Å². The molecule has 1 unspecified atom stereocenters. The van der Waals surface area contributed by atoms with Crippen LogP contribution in [0.5, 0.6) is 0 Å². The van der Waals surface area contributed by atoms with Crippen LogP contribution in [0.25, 0.3) is 22.6 Å². The fraction of sp³-hybridized carbons (Fsp3) is 0.217. The summed E-state index contributed by atoms with van der Waals surface area (Å²) in [5.74, 6) is 0.0592. The summed E-state index contributed by atoms with van der Waals surface area (Å²) in [5.41, 5.74) is 5.31. The van der Waals surface area contributed by atoms with Crippen molar-refractivity contribution in [1.29, 1.82) is 0 Å². The Morgan fingerprint density at radius 3 is 2.76 bits per heavy atom. The molecule has 0 radical (unpaired) electrons. The van der Waals surface area contributed by atoms with Crippen molar-refractivity contribution in [3.05, 3.63) is 77.0 Å². The highest BCUT2D eigenvalue weighted by atomic mass is 16.1. The third-order valence-electron chi connectivity index (χ3n) is 5.40. The molecule has 0 aliphatic heterocycles. The molecular weight excluding hydrogens is 306 g/mol.